The van der Waals surface area contributed by atoms with Crippen LogP contribution >= 0.6 is 46.4 Å². The standard InChI is InChI=1S/2C7H7Cl2.Fe/c2*8-4-6-2-1-3-7(6)5-9;/h2*1-3H,4-5H2;/q2*-1;+2. The van der Waals surface area contributed by atoms with Crippen molar-refractivity contribution in [3.8, 4) is 0 Å². The molecule has 0 spiro atoms. The third kappa shape index (κ3) is 6.12. The maximum absolute atomic E-state index is 5.59. The first-order valence-corrected chi connectivity index (χ1v) is 7.61. The zero-order valence-corrected chi connectivity index (χ0v) is 14.3. The number of alkyl halides is 4. The Morgan fingerprint density at radius 3 is 1.26 bits per heavy atom. The first kappa shape index (κ1) is 19.4. The van der Waals surface area contributed by atoms with Gasteiger partial charge in [0.1, 0.15) is 0 Å². The van der Waals surface area contributed by atoms with E-state index >= 15 is 0 Å². The second-order valence-electron chi connectivity index (χ2n) is 3.69. The molecule has 106 valence electrons. The summed E-state index contributed by atoms with van der Waals surface area (Å²) in [6.07, 6.45) is 0. The van der Waals surface area contributed by atoms with Crippen molar-refractivity contribution < 1.29 is 17.1 Å². The average molecular weight is 380 g/mol. The molecule has 2 aromatic carbocycles. The summed E-state index contributed by atoms with van der Waals surface area (Å²) in [5.74, 6) is 2.26. The van der Waals surface area contributed by atoms with E-state index in [4.69, 9.17) is 46.4 Å². The van der Waals surface area contributed by atoms with Crippen LogP contribution in [0.1, 0.15) is 22.3 Å². The summed E-state index contributed by atoms with van der Waals surface area (Å²) >= 11 is 22.4. The molecule has 0 saturated carbocycles. The van der Waals surface area contributed by atoms with Crippen molar-refractivity contribution >= 4 is 46.4 Å². The van der Waals surface area contributed by atoms with Crippen LogP contribution in [-0.2, 0) is 40.6 Å². The fourth-order valence-corrected chi connectivity index (χ4v) is 2.55. The van der Waals surface area contributed by atoms with Crippen LogP contribution in [0.2, 0.25) is 0 Å². The van der Waals surface area contributed by atoms with Crippen LogP contribution < -0.4 is 0 Å². The Morgan fingerprint density at radius 2 is 1.05 bits per heavy atom. The van der Waals surface area contributed by atoms with E-state index in [1.165, 1.54) is 0 Å². The minimum atomic E-state index is 0. The van der Waals surface area contributed by atoms with Gasteiger partial charge in [0.25, 0.3) is 0 Å². The fourth-order valence-electron chi connectivity index (χ4n) is 1.51. The summed E-state index contributed by atoms with van der Waals surface area (Å²) < 4.78 is 0. The maximum atomic E-state index is 5.59. The first-order chi connectivity index (χ1) is 8.76. The minimum Gasteiger partial charge on any atom is -0.209 e. The van der Waals surface area contributed by atoms with E-state index in [1.54, 1.807) is 0 Å². The molecule has 0 amide bonds. The molecule has 5 heteroatoms. The Balaban J connectivity index is 0.000000324. The average Bonchev–Trinajstić information content (AvgIpc) is 3.06. The van der Waals surface area contributed by atoms with Crippen LogP contribution in [0.5, 0.6) is 0 Å². The molecule has 0 N–H and O–H groups in total. The van der Waals surface area contributed by atoms with Gasteiger partial charge in [-0.3, -0.25) is 0 Å². The Bertz CT molecular complexity index is 368. The quantitative estimate of drug-likeness (QED) is 0.359. The molecule has 19 heavy (non-hydrogen) atoms. The van der Waals surface area contributed by atoms with E-state index in [-0.39, 0.29) is 17.1 Å². The van der Waals surface area contributed by atoms with E-state index in [0.29, 0.717) is 23.5 Å². The van der Waals surface area contributed by atoms with Crippen LogP contribution in [0.25, 0.3) is 0 Å². The molecule has 0 heterocycles. The van der Waals surface area contributed by atoms with Gasteiger partial charge in [0.15, 0.2) is 0 Å². The molecule has 0 unspecified atom stereocenters. The monoisotopic (exact) mass is 378 g/mol. The van der Waals surface area contributed by atoms with Crippen molar-refractivity contribution in [2.24, 2.45) is 0 Å². The van der Waals surface area contributed by atoms with Crippen LogP contribution in [0, 0.1) is 0 Å². The molecular formula is C14H14Cl4Fe. The van der Waals surface area contributed by atoms with E-state index < -0.39 is 0 Å². The molecule has 0 fully saturated rings. The summed E-state index contributed by atoms with van der Waals surface area (Å²) in [5, 5.41) is 0. The fraction of sp³-hybridized carbons (Fsp3) is 0.286. The Kier molecular flexibility index (Phi) is 11.3. The molecule has 0 aliphatic carbocycles. The van der Waals surface area contributed by atoms with Crippen molar-refractivity contribution in [1.29, 1.82) is 0 Å². The molecule has 2 aromatic rings. The molecule has 0 bridgehead atoms. The number of hydrogen-bond acceptors (Lipinski definition) is 0. The van der Waals surface area contributed by atoms with E-state index in [0.717, 1.165) is 22.3 Å². The van der Waals surface area contributed by atoms with E-state index in [1.807, 2.05) is 36.4 Å². The van der Waals surface area contributed by atoms with Gasteiger partial charge in [0.05, 0.1) is 0 Å². The summed E-state index contributed by atoms with van der Waals surface area (Å²) in [7, 11) is 0. The summed E-state index contributed by atoms with van der Waals surface area (Å²) in [6, 6.07) is 11.9. The summed E-state index contributed by atoms with van der Waals surface area (Å²) in [4.78, 5) is 0. The van der Waals surface area contributed by atoms with Gasteiger partial charge in [-0.1, -0.05) is 0 Å². The summed E-state index contributed by atoms with van der Waals surface area (Å²) in [5.41, 5.74) is 4.58. The molecule has 0 aliphatic rings. The number of hydrogen-bond donors (Lipinski definition) is 0. The van der Waals surface area contributed by atoms with Gasteiger partial charge in [0, 0.05) is 11.8 Å². The molecule has 0 atom stereocenters. The topological polar surface area (TPSA) is 0 Å². The Labute approximate surface area is 145 Å². The van der Waals surface area contributed by atoms with Crippen molar-refractivity contribution in [2.75, 3.05) is 0 Å². The van der Waals surface area contributed by atoms with E-state index in [2.05, 4.69) is 0 Å². The zero-order chi connectivity index (χ0) is 13.4. The smallest absolute Gasteiger partial charge is 0.209 e. The Morgan fingerprint density at radius 1 is 0.684 bits per heavy atom. The normalized spacial score (nSPS) is 9.47. The molecule has 2 rings (SSSR count). The van der Waals surface area contributed by atoms with Crippen LogP contribution in [0.15, 0.2) is 36.4 Å². The van der Waals surface area contributed by atoms with Gasteiger partial charge < -0.3 is 0 Å². The zero-order valence-electron chi connectivity index (χ0n) is 10.2. The second kappa shape index (κ2) is 11.1. The largest absolute Gasteiger partial charge is 2.00 e. The van der Waals surface area contributed by atoms with Crippen molar-refractivity contribution in [3.05, 3.63) is 58.7 Å². The SMILES string of the molecule is ClCc1cc[cH-]c1CCl.ClCc1cc[cH-]c1CCl.[Fe+2]. The third-order valence-electron chi connectivity index (χ3n) is 2.59. The van der Waals surface area contributed by atoms with E-state index in [9.17, 15) is 0 Å². The molecular weight excluding hydrogens is 366 g/mol. The van der Waals surface area contributed by atoms with Crippen LogP contribution in [-0.4, -0.2) is 0 Å². The molecule has 0 saturated heterocycles. The predicted octanol–water partition coefficient (Wildman–Crippen LogP) is 5.76. The summed E-state index contributed by atoms with van der Waals surface area (Å²) in [6.45, 7) is 0. The van der Waals surface area contributed by atoms with Gasteiger partial charge in [0.2, 0.25) is 0 Å². The Hall–Kier alpha value is 0.379. The molecule has 0 aliphatic heterocycles. The minimum absolute atomic E-state index is 0. The third-order valence-corrected chi connectivity index (χ3v) is 3.74. The van der Waals surface area contributed by atoms with Crippen molar-refractivity contribution in [1.82, 2.24) is 0 Å². The molecule has 0 nitrogen and oxygen atoms in total. The number of halogens is 4. The van der Waals surface area contributed by atoms with Gasteiger partial charge in [-0.25, -0.2) is 12.1 Å². The van der Waals surface area contributed by atoms with Gasteiger partial charge in [-0.05, 0) is 11.8 Å². The van der Waals surface area contributed by atoms with Gasteiger partial charge >= 0.3 is 17.1 Å². The number of rotatable bonds is 4. The van der Waals surface area contributed by atoms with Crippen molar-refractivity contribution in [3.63, 3.8) is 0 Å². The maximum Gasteiger partial charge on any atom is 2.00 e. The van der Waals surface area contributed by atoms with Gasteiger partial charge in [-0.15, -0.1) is 57.5 Å². The second-order valence-corrected chi connectivity index (χ2v) is 4.76. The van der Waals surface area contributed by atoms with Gasteiger partial charge in [-0.2, -0.15) is 35.4 Å². The van der Waals surface area contributed by atoms with Crippen LogP contribution in [0.3, 0.4) is 0 Å². The van der Waals surface area contributed by atoms with Crippen molar-refractivity contribution in [2.45, 2.75) is 23.5 Å². The predicted molar refractivity (Wildman–Crippen MR) is 82.3 cm³/mol. The molecule has 0 radical (unpaired) electrons. The van der Waals surface area contributed by atoms with Crippen LogP contribution in [0.4, 0.5) is 0 Å². The molecule has 0 aromatic heterocycles. The first-order valence-electron chi connectivity index (χ1n) is 5.47.